The Kier molecular flexibility index (Phi) is 5.66. The number of nitrogens with zero attached hydrogens (tertiary/aromatic N) is 1. The Labute approximate surface area is 117 Å². The highest BCUT2D eigenvalue weighted by Gasteiger charge is 2.42. The first-order chi connectivity index (χ1) is 9.30. The van der Waals surface area contributed by atoms with Crippen LogP contribution in [0.1, 0.15) is 58.3 Å². The summed E-state index contributed by atoms with van der Waals surface area (Å²) in [5, 5.41) is 13.0. The molecule has 0 aromatic heterocycles. The summed E-state index contributed by atoms with van der Waals surface area (Å²) in [5.74, 6) is 1.43. The van der Waals surface area contributed by atoms with E-state index in [2.05, 4.69) is 18.3 Å². The molecule has 2 fully saturated rings. The zero-order chi connectivity index (χ0) is 13.6. The number of hydrogen-bond donors (Lipinski definition) is 1. The van der Waals surface area contributed by atoms with Crippen molar-refractivity contribution in [3.8, 4) is 6.07 Å². The van der Waals surface area contributed by atoms with E-state index in [1.807, 2.05) is 0 Å². The lowest BCUT2D eigenvalue weighted by molar-refractivity contribution is 0.106. The van der Waals surface area contributed by atoms with Gasteiger partial charge in [-0.15, -0.1) is 0 Å². The van der Waals surface area contributed by atoms with Crippen molar-refractivity contribution in [1.82, 2.24) is 5.32 Å². The largest absolute Gasteiger partial charge is 0.381 e. The van der Waals surface area contributed by atoms with E-state index in [0.29, 0.717) is 5.92 Å². The second-order valence-corrected chi connectivity index (χ2v) is 6.23. The smallest absolute Gasteiger partial charge is 0.109 e. The molecule has 0 radical (unpaired) electrons. The van der Waals surface area contributed by atoms with Crippen molar-refractivity contribution in [2.24, 2.45) is 11.8 Å². The molecule has 0 aromatic rings. The van der Waals surface area contributed by atoms with Gasteiger partial charge < -0.3 is 4.74 Å². The van der Waals surface area contributed by atoms with E-state index < -0.39 is 0 Å². The molecule has 0 saturated heterocycles. The summed E-state index contributed by atoms with van der Waals surface area (Å²) >= 11 is 0. The zero-order valence-electron chi connectivity index (χ0n) is 12.3. The highest BCUT2D eigenvalue weighted by Crippen LogP contribution is 2.37. The molecule has 2 unspecified atom stereocenters. The molecule has 3 nitrogen and oxygen atoms in total. The van der Waals surface area contributed by atoms with Gasteiger partial charge in [-0.1, -0.05) is 26.2 Å². The third kappa shape index (κ3) is 4.19. The molecule has 0 amide bonds. The van der Waals surface area contributed by atoms with E-state index >= 15 is 0 Å². The highest BCUT2D eigenvalue weighted by atomic mass is 16.5. The Morgan fingerprint density at radius 1 is 1.26 bits per heavy atom. The van der Waals surface area contributed by atoms with E-state index in [1.165, 1.54) is 32.1 Å². The van der Waals surface area contributed by atoms with Gasteiger partial charge in [-0.3, -0.25) is 5.32 Å². The van der Waals surface area contributed by atoms with Gasteiger partial charge in [0.2, 0.25) is 0 Å². The van der Waals surface area contributed by atoms with Gasteiger partial charge in [-0.2, -0.15) is 5.26 Å². The van der Waals surface area contributed by atoms with Crippen LogP contribution in [0, 0.1) is 23.2 Å². The summed E-state index contributed by atoms with van der Waals surface area (Å²) in [6, 6.07) is 2.56. The van der Waals surface area contributed by atoms with Crippen LogP contribution in [0.4, 0.5) is 0 Å². The summed E-state index contributed by atoms with van der Waals surface area (Å²) in [5.41, 5.74) is -0.268. The second-order valence-electron chi connectivity index (χ2n) is 6.23. The fourth-order valence-corrected chi connectivity index (χ4v) is 3.22. The molecule has 2 aliphatic carbocycles. The van der Waals surface area contributed by atoms with Crippen molar-refractivity contribution in [2.75, 3.05) is 19.8 Å². The SMILES string of the molecule is CCCNC1(C#N)CCCC1CCOCCC1CC1. The van der Waals surface area contributed by atoms with Crippen molar-refractivity contribution in [2.45, 2.75) is 63.8 Å². The van der Waals surface area contributed by atoms with Gasteiger partial charge in [0.05, 0.1) is 6.07 Å². The summed E-state index contributed by atoms with van der Waals surface area (Å²) in [6.45, 7) is 4.85. The van der Waals surface area contributed by atoms with Crippen molar-refractivity contribution >= 4 is 0 Å². The monoisotopic (exact) mass is 264 g/mol. The van der Waals surface area contributed by atoms with Crippen LogP contribution < -0.4 is 5.32 Å². The van der Waals surface area contributed by atoms with Gasteiger partial charge >= 0.3 is 0 Å². The van der Waals surface area contributed by atoms with Crippen LogP contribution >= 0.6 is 0 Å². The van der Waals surface area contributed by atoms with Crippen molar-refractivity contribution < 1.29 is 4.74 Å². The van der Waals surface area contributed by atoms with E-state index in [0.717, 1.165) is 44.9 Å². The van der Waals surface area contributed by atoms with E-state index in [-0.39, 0.29) is 5.54 Å². The maximum absolute atomic E-state index is 9.54. The predicted octanol–water partition coefficient (Wildman–Crippen LogP) is 3.26. The van der Waals surface area contributed by atoms with Crippen LogP contribution in [0.2, 0.25) is 0 Å². The molecular formula is C16H28N2O. The molecule has 2 atom stereocenters. The van der Waals surface area contributed by atoms with Gasteiger partial charge in [0.25, 0.3) is 0 Å². The van der Waals surface area contributed by atoms with Gasteiger partial charge in [0.1, 0.15) is 5.54 Å². The first-order valence-electron chi connectivity index (χ1n) is 8.05. The molecule has 0 aromatic carbocycles. The van der Waals surface area contributed by atoms with Crippen LogP contribution in [-0.4, -0.2) is 25.3 Å². The van der Waals surface area contributed by atoms with Crippen LogP contribution in [0.15, 0.2) is 0 Å². The number of hydrogen-bond acceptors (Lipinski definition) is 3. The van der Waals surface area contributed by atoms with Crippen molar-refractivity contribution in [3.63, 3.8) is 0 Å². The van der Waals surface area contributed by atoms with Crippen LogP contribution in [0.25, 0.3) is 0 Å². The third-order valence-electron chi connectivity index (χ3n) is 4.69. The van der Waals surface area contributed by atoms with E-state index in [1.54, 1.807) is 0 Å². The lowest BCUT2D eigenvalue weighted by atomic mass is 9.86. The minimum atomic E-state index is -0.268. The predicted molar refractivity (Wildman–Crippen MR) is 76.8 cm³/mol. The average molecular weight is 264 g/mol. The lowest BCUT2D eigenvalue weighted by Gasteiger charge is -2.30. The standard InChI is InChI=1S/C16H28N2O/c1-2-10-18-16(13-17)9-3-4-15(16)8-12-19-11-7-14-5-6-14/h14-15,18H,2-12H2,1H3. The van der Waals surface area contributed by atoms with Crippen LogP contribution in [-0.2, 0) is 4.74 Å². The Morgan fingerprint density at radius 2 is 2.05 bits per heavy atom. The summed E-state index contributed by atoms with van der Waals surface area (Å²) in [7, 11) is 0. The fraction of sp³-hybridized carbons (Fsp3) is 0.938. The average Bonchev–Trinajstić information content (AvgIpc) is 3.17. The van der Waals surface area contributed by atoms with Gasteiger partial charge in [-0.25, -0.2) is 0 Å². The molecule has 0 heterocycles. The summed E-state index contributed by atoms with van der Waals surface area (Å²) in [6.07, 6.45) is 9.55. The Morgan fingerprint density at radius 3 is 2.74 bits per heavy atom. The molecule has 2 rings (SSSR count). The minimum Gasteiger partial charge on any atom is -0.381 e. The highest BCUT2D eigenvalue weighted by molar-refractivity contribution is 5.13. The second kappa shape index (κ2) is 7.26. The van der Waals surface area contributed by atoms with Crippen LogP contribution in [0.3, 0.4) is 0 Å². The van der Waals surface area contributed by atoms with Crippen molar-refractivity contribution in [1.29, 1.82) is 5.26 Å². The molecule has 19 heavy (non-hydrogen) atoms. The molecule has 2 aliphatic rings. The van der Waals surface area contributed by atoms with Crippen LogP contribution in [0.5, 0.6) is 0 Å². The lowest BCUT2D eigenvalue weighted by Crippen LogP contribution is -2.47. The summed E-state index contributed by atoms with van der Waals surface area (Å²) < 4.78 is 5.75. The summed E-state index contributed by atoms with van der Waals surface area (Å²) in [4.78, 5) is 0. The number of nitriles is 1. The number of nitrogens with one attached hydrogen (secondary N) is 1. The molecule has 0 aliphatic heterocycles. The van der Waals surface area contributed by atoms with E-state index in [4.69, 9.17) is 4.74 Å². The fourth-order valence-electron chi connectivity index (χ4n) is 3.22. The number of ether oxygens (including phenoxy) is 1. The van der Waals surface area contributed by atoms with Gasteiger partial charge in [0, 0.05) is 13.2 Å². The van der Waals surface area contributed by atoms with Gasteiger partial charge in [-0.05, 0) is 50.5 Å². The molecular weight excluding hydrogens is 236 g/mol. The Balaban J connectivity index is 1.68. The Bertz CT molecular complexity index is 308. The maximum Gasteiger partial charge on any atom is 0.109 e. The molecule has 2 saturated carbocycles. The molecule has 0 spiro atoms. The molecule has 0 bridgehead atoms. The normalized spacial score (nSPS) is 30.4. The first kappa shape index (κ1) is 14.8. The van der Waals surface area contributed by atoms with Crippen molar-refractivity contribution in [3.05, 3.63) is 0 Å². The minimum absolute atomic E-state index is 0.268. The third-order valence-corrected chi connectivity index (χ3v) is 4.69. The Hall–Kier alpha value is -0.590. The number of rotatable bonds is 9. The van der Waals surface area contributed by atoms with E-state index in [9.17, 15) is 5.26 Å². The van der Waals surface area contributed by atoms with Gasteiger partial charge in [0.15, 0.2) is 0 Å². The quantitative estimate of drug-likeness (QED) is 0.650. The maximum atomic E-state index is 9.54. The molecule has 108 valence electrons. The zero-order valence-corrected chi connectivity index (χ0v) is 12.3. The molecule has 3 heteroatoms. The first-order valence-corrected chi connectivity index (χ1v) is 8.05. The topological polar surface area (TPSA) is 45.0 Å². The molecule has 1 N–H and O–H groups in total.